The van der Waals surface area contributed by atoms with E-state index in [1.54, 1.807) is 11.8 Å². The molecule has 0 aromatic carbocycles. The highest BCUT2D eigenvalue weighted by Gasteiger charge is 2.37. The minimum Gasteiger partial charge on any atom is -0.333 e. The lowest BCUT2D eigenvalue weighted by atomic mass is 10.0. The number of aromatic nitrogens is 1. The van der Waals surface area contributed by atoms with Crippen LogP contribution in [0, 0.1) is 21.4 Å². The Balaban J connectivity index is 2.27. The number of halogens is 1. The van der Waals surface area contributed by atoms with E-state index in [4.69, 9.17) is 11.6 Å². The monoisotopic (exact) mass is 312 g/mol. The predicted molar refractivity (Wildman–Crippen MR) is 73.7 cm³/mol. The number of pyridine rings is 1. The first-order chi connectivity index (χ1) is 9.47. The molecule has 1 aliphatic heterocycles. The van der Waals surface area contributed by atoms with Gasteiger partial charge in [0.1, 0.15) is 16.9 Å². The van der Waals surface area contributed by atoms with Crippen molar-refractivity contribution < 1.29 is 9.72 Å². The second kappa shape index (κ2) is 5.64. The Bertz CT molecular complexity index is 610. The second-order valence-electron chi connectivity index (χ2n) is 4.24. The summed E-state index contributed by atoms with van der Waals surface area (Å²) in [6.07, 6.45) is 1.50. The van der Waals surface area contributed by atoms with Crippen molar-refractivity contribution in [1.29, 1.82) is 5.26 Å². The van der Waals surface area contributed by atoms with Crippen LogP contribution < -0.4 is 5.32 Å². The number of thioether (sulfide) groups is 1. The summed E-state index contributed by atoms with van der Waals surface area (Å²) in [5.41, 5.74) is -1.38. The molecule has 1 aliphatic rings. The van der Waals surface area contributed by atoms with Gasteiger partial charge in [0.25, 0.3) is 11.6 Å². The molecule has 104 valence electrons. The maximum absolute atomic E-state index is 12.1. The molecule has 9 heteroatoms. The van der Waals surface area contributed by atoms with Gasteiger partial charge < -0.3 is 5.32 Å². The van der Waals surface area contributed by atoms with E-state index < -0.39 is 16.4 Å². The van der Waals surface area contributed by atoms with Crippen molar-refractivity contribution >= 4 is 35.0 Å². The van der Waals surface area contributed by atoms with Crippen molar-refractivity contribution in [1.82, 2.24) is 10.3 Å². The van der Waals surface area contributed by atoms with Crippen LogP contribution in [0.1, 0.15) is 16.8 Å². The molecule has 0 radical (unpaired) electrons. The highest BCUT2D eigenvalue weighted by molar-refractivity contribution is 7.99. The van der Waals surface area contributed by atoms with E-state index in [0.29, 0.717) is 12.2 Å². The van der Waals surface area contributed by atoms with Crippen LogP contribution in [-0.2, 0) is 0 Å². The number of nitro groups is 1. The quantitative estimate of drug-likeness (QED) is 0.517. The van der Waals surface area contributed by atoms with Gasteiger partial charge >= 0.3 is 0 Å². The minimum absolute atomic E-state index is 0.104. The zero-order valence-electron chi connectivity index (χ0n) is 10.1. The SMILES string of the molecule is N#CC1(NC(=O)c2cc([N+](=O)[O-])cnc2Cl)CCSC1. The Morgan fingerprint density at radius 2 is 2.45 bits per heavy atom. The van der Waals surface area contributed by atoms with Crippen molar-refractivity contribution in [3.63, 3.8) is 0 Å². The molecule has 1 unspecified atom stereocenters. The fraction of sp³-hybridized carbons (Fsp3) is 0.364. The topological polar surface area (TPSA) is 109 Å². The van der Waals surface area contributed by atoms with Crippen molar-refractivity contribution in [2.75, 3.05) is 11.5 Å². The molecule has 1 N–H and O–H groups in total. The number of nitrogens with one attached hydrogen (secondary N) is 1. The molecule has 1 atom stereocenters. The molecule has 0 bridgehead atoms. The standard InChI is InChI=1S/C11H9ClN4O3S/c12-9-8(3-7(4-14-9)16(18)19)10(17)15-11(5-13)1-2-20-6-11/h3-4H,1-2,6H2,(H,15,17). The maximum Gasteiger partial charge on any atom is 0.288 e. The normalized spacial score (nSPS) is 21.2. The summed E-state index contributed by atoms with van der Waals surface area (Å²) in [6.45, 7) is 0. The number of hydrogen-bond acceptors (Lipinski definition) is 6. The highest BCUT2D eigenvalue weighted by Crippen LogP contribution is 2.28. The Kier molecular flexibility index (Phi) is 4.11. The van der Waals surface area contributed by atoms with Crippen molar-refractivity contribution in [2.45, 2.75) is 12.0 Å². The van der Waals surface area contributed by atoms with Gasteiger partial charge in [-0.1, -0.05) is 11.6 Å². The third kappa shape index (κ3) is 2.84. The van der Waals surface area contributed by atoms with Gasteiger partial charge in [-0.25, -0.2) is 4.98 Å². The van der Waals surface area contributed by atoms with E-state index >= 15 is 0 Å². The van der Waals surface area contributed by atoms with Crippen molar-refractivity contribution in [2.24, 2.45) is 0 Å². The van der Waals surface area contributed by atoms with Gasteiger partial charge in [-0.05, 0) is 12.2 Å². The molecule has 1 fully saturated rings. The average Bonchev–Trinajstić information content (AvgIpc) is 2.88. The summed E-state index contributed by atoms with van der Waals surface area (Å²) in [4.78, 5) is 25.8. The summed E-state index contributed by atoms with van der Waals surface area (Å²) in [5, 5.41) is 22.3. The number of nitrogens with zero attached hydrogens (tertiary/aromatic N) is 3. The molecule has 7 nitrogen and oxygen atoms in total. The number of amides is 1. The molecule has 2 heterocycles. The lowest BCUT2D eigenvalue weighted by Crippen LogP contribution is -2.47. The van der Waals surface area contributed by atoms with Gasteiger partial charge in [-0.2, -0.15) is 17.0 Å². The summed E-state index contributed by atoms with van der Waals surface area (Å²) >= 11 is 7.35. The molecule has 2 rings (SSSR count). The summed E-state index contributed by atoms with van der Waals surface area (Å²) in [5.74, 6) is 0.625. The first-order valence-electron chi connectivity index (χ1n) is 5.59. The zero-order valence-corrected chi connectivity index (χ0v) is 11.7. The molecular weight excluding hydrogens is 304 g/mol. The Morgan fingerprint density at radius 1 is 1.70 bits per heavy atom. The van der Waals surface area contributed by atoms with Gasteiger partial charge in [0, 0.05) is 11.8 Å². The Morgan fingerprint density at radius 3 is 3.00 bits per heavy atom. The molecule has 0 aliphatic carbocycles. The fourth-order valence-corrected chi connectivity index (χ4v) is 3.22. The van der Waals surface area contributed by atoms with Crippen LogP contribution in [0.3, 0.4) is 0 Å². The van der Waals surface area contributed by atoms with Gasteiger partial charge in [0.05, 0.1) is 16.6 Å². The van der Waals surface area contributed by atoms with E-state index in [1.807, 2.05) is 0 Å². The first-order valence-corrected chi connectivity index (χ1v) is 7.12. The van der Waals surface area contributed by atoms with Gasteiger partial charge in [-0.15, -0.1) is 0 Å². The van der Waals surface area contributed by atoms with Gasteiger partial charge in [0.2, 0.25) is 0 Å². The van der Waals surface area contributed by atoms with Gasteiger partial charge in [0.15, 0.2) is 0 Å². The Labute approximate surface area is 123 Å². The second-order valence-corrected chi connectivity index (χ2v) is 5.70. The molecule has 0 spiro atoms. The van der Waals surface area contributed by atoms with Crippen LogP contribution in [0.5, 0.6) is 0 Å². The zero-order chi connectivity index (χ0) is 14.8. The Hall–Kier alpha value is -1.85. The largest absolute Gasteiger partial charge is 0.333 e. The molecule has 20 heavy (non-hydrogen) atoms. The lowest BCUT2D eigenvalue weighted by Gasteiger charge is -2.21. The molecule has 1 aromatic heterocycles. The van der Waals surface area contributed by atoms with Crippen LogP contribution >= 0.6 is 23.4 Å². The third-order valence-corrected chi connectivity index (χ3v) is 4.36. The molecular formula is C11H9ClN4O3S. The average molecular weight is 313 g/mol. The number of hydrogen-bond donors (Lipinski definition) is 1. The van der Waals surface area contributed by atoms with E-state index in [-0.39, 0.29) is 16.4 Å². The van der Waals surface area contributed by atoms with Crippen molar-refractivity contribution in [3.05, 3.63) is 33.1 Å². The van der Waals surface area contributed by atoms with Crippen LogP contribution in [-0.4, -0.2) is 32.9 Å². The van der Waals surface area contributed by atoms with Crippen molar-refractivity contribution in [3.8, 4) is 6.07 Å². The molecule has 1 saturated heterocycles. The van der Waals surface area contributed by atoms with E-state index in [9.17, 15) is 20.2 Å². The van der Waals surface area contributed by atoms with Crippen LogP contribution in [0.25, 0.3) is 0 Å². The predicted octanol–water partition coefficient (Wildman–Crippen LogP) is 1.77. The minimum atomic E-state index is -0.949. The van der Waals surface area contributed by atoms with Crippen LogP contribution in [0.4, 0.5) is 5.69 Å². The number of nitriles is 1. The third-order valence-electron chi connectivity index (χ3n) is 2.87. The number of carbonyl (C=O) groups excluding carboxylic acids is 1. The van der Waals surface area contributed by atoms with E-state index in [2.05, 4.69) is 16.4 Å². The lowest BCUT2D eigenvalue weighted by molar-refractivity contribution is -0.385. The van der Waals surface area contributed by atoms with E-state index in [1.165, 1.54) is 0 Å². The number of carbonyl (C=O) groups is 1. The summed E-state index contributed by atoms with van der Waals surface area (Å²) in [6, 6.07) is 3.14. The molecule has 1 amide bonds. The molecule has 0 saturated carbocycles. The number of rotatable bonds is 3. The first kappa shape index (κ1) is 14.6. The summed E-state index contributed by atoms with van der Waals surface area (Å²) < 4.78 is 0. The molecule has 1 aromatic rings. The van der Waals surface area contributed by atoms with E-state index in [0.717, 1.165) is 18.0 Å². The fourth-order valence-electron chi connectivity index (χ4n) is 1.76. The maximum atomic E-state index is 12.1. The van der Waals surface area contributed by atoms with Gasteiger partial charge in [-0.3, -0.25) is 14.9 Å². The van der Waals surface area contributed by atoms with Crippen LogP contribution in [0.15, 0.2) is 12.3 Å². The highest BCUT2D eigenvalue weighted by atomic mass is 35.5. The summed E-state index contributed by atoms with van der Waals surface area (Å²) in [7, 11) is 0. The van der Waals surface area contributed by atoms with Crippen LogP contribution in [0.2, 0.25) is 5.15 Å². The smallest absolute Gasteiger partial charge is 0.288 e.